The molecule has 0 fully saturated rings. The summed E-state index contributed by atoms with van der Waals surface area (Å²) in [5, 5.41) is 0.978. The Morgan fingerprint density at radius 2 is 1.42 bits per heavy atom. The maximum absolute atomic E-state index is 12.7. The van der Waals surface area contributed by atoms with Gasteiger partial charge < -0.3 is 28.0 Å². The Balaban J connectivity index is 2.36. The Hall–Kier alpha value is -2.37. The summed E-state index contributed by atoms with van der Waals surface area (Å²) in [6, 6.07) is 7.73. The van der Waals surface area contributed by atoms with E-state index in [1.165, 1.54) is 66.9 Å². The van der Waals surface area contributed by atoms with Crippen molar-refractivity contribution in [1.29, 1.82) is 0 Å². The maximum atomic E-state index is 12.7. The van der Waals surface area contributed by atoms with Gasteiger partial charge >= 0.3 is 6.80 Å². The Morgan fingerprint density at radius 1 is 0.848 bits per heavy atom. The summed E-state index contributed by atoms with van der Waals surface area (Å²) in [7, 11) is 4.40. The van der Waals surface area contributed by atoms with Gasteiger partial charge in [0.05, 0.1) is 50.0 Å². The fraction of sp³-hybridized carbons (Fsp3) is 0.300. The molecule has 0 amide bonds. The molecule has 0 saturated heterocycles. The summed E-state index contributed by atoms with van der Waals surface area (Å²) in [5.74, 6) is 1.61. The van der Waals surface area contributed by atoms with E-state index >= 15 is 0 Å². The average Bonchev–Trinajstić information content (AvgIpc) is 2.81. The molecule has 10 nitrogen and oxygen atoms in total. The summed E-state index contributed by atoms with van der Waals surface area (Å²) in [4.78, 5) is 0.368. The summed E-state index contributed by atoms with van der Waals surface area (Å²) in [6.07, 6.45) is 1.35. The molecule has 0 aromatic heterocycles. The fourth-order valence-corrected chi connectivity index (χ4v) is 6.03. The third-order valence-electron chi connectivity index (χ3n) is 4.25. The van der Waals surface area contributed by atoms with Crippen LogP contribution in [-0.2, 0) is 23.6 Å². The molecule has 2 rings (SSSR count). The molecule has 0 aliphatic heterocycles. The predicted octanol–water partition coefficient (Wildman–Crippen LogP) is 4.63. The first-order valence-corrected chi connectivity index (χ1v) is 13.7. The van der Waals surface area contributed by atoms with Gasteiger partial charge in [0.15, 0.2) is 0 Å². The van der Waals surface area contributed by atoms with Crippen molar-refractivity contribution < 1.29 is 41.0 Å². The lowest BCUT2D eigenvalue weighted by Crippen LogP contribution is -2.09. The number of benzene rings is 2. The molecular weight excluding hydrogens is 493 g/mol. The lowest BCUT2D eigenvalue weighted by atomic mass is 10.1. The summed E-state index contributed by atoms with van der Waals surface area (Å²) >= 11 is 0.794. The predicted molar refractivity (Wildman–Crippen MR) is 128 cm³/mol. The van der Waals surface area contributed by atoms with Gasteiger partial charge in [0, 0.05) is 26.4 Å². The van der Waals surface area contributed by atoms with Crippen molar-refractivity contribution in [2.24, 2.45) is 0 Å². The van der Waals surface area contributed by atoms with Crippen LogP contribution in [0.1, 0.15) is 5.56 Å². The molecule has 0 heterocycles. The number of hydrogen-bond acceptors (Lipinski definition) is 10. The zero-order valence-electron chi connectivity index (χ0n) is 19.0. The second-order valence-corrected chi connectivity index (χ2v) is 11.9. The van der Waals surface area contributed by atoms with E-state index in [0.717, 1.165) is 16.8 Å². The molecule has 0 spiro atoms. The second-order valence-electron chi connectivity index (χ2n) is 6.16. The first-order valence-electron chi connectivity index (χ1n) is 9.24. The minimum absolute atomic E-state index is 0.218. The van der Waals surface area contributed by atoms with Crippen LogP contribution in [0.3, 0.4) is 0 Å². The number of hydrogen-bond donors (Lipinski definition) is 1. The topological polar surface area (TPSA) is 119 Å². The average molecular weight is 520 g/mol. The highest BCUT2D eigenvalue weighted by Crippen LogP contribution is 2.64. The molecule has 2 aromatic rings. The molecule has 33 heavy (non-hydrogen) atoms. The van der Waals surface area contributed by atoms with Gasteiger partial charge in [-0.25, -0.2) is 13.0 Å². The van der Waals surface area contributed by atoms with Crippen molar-refractivity contribution >= 4 is 40.0 Å². The molecule has 0 unspecified atom stereocenters. The summed E-state index contributed by atoms with van der Waals surface area (Å²) < 4.78 is 71.3. The van der Waals surface area contributed by atoms with Gasteiger partial charge in [-0.2, -0.15) is 0 Å². The standard InChI is InChI=1S/C20H26NO9PS2/c1-25-15-12-18(27-3)16(19(13-15)28-4)9-10-33(23,24)21-14-7-8-17(26-2)20(11-14)32-31(22,29-5)30-6/h7-13,21H,1-6H3/b10-9+. The van der Waals surface area contributed by atoms with E-state index in [-0.39, 0.29) is 5.69 Å². The third kappa shape index (κ3) is 7.05. The quantitative estimate of drug-likeness (QED) is 0.398. The Bertz CT molecular complexity index is 1120. The Labute approximate surface area is 197 Å². The lowest BCUT2D eigenvalue weighted by Gasteiger charge is -2.15. The van der Waals surface area contributed by atoms with Crippen molar-refractivity contribution in [1.82, 2.24) is 0 Å². The van der Waals surface area contributed by atoms with Gasteiger partial charge in [0.25, 0.3) is 10.0 Å². The van der Waals surface area contributed by atoms with E-state index < -0.39 is 16.8 Å². The van der Waals surface area contributed by atoms with Gasteiger partial charge in [0.1, 0.15) is 23.0 Å². The van der Waals surface area contributed by atoms with Crippen molar-refractivity contribution in [2.45, 2.75) is 4.90 Å². The van der Waals surface area contributed by atoms with Gasteiger partial charge in [-0.05, 0) is 35.7 Å². The van der Waals surface area contributed by atoms with Crippen LogP contribution in [-0.4, -0.2) is 51.1 Å². The molecule has 2 aromatic carbocycles. The fourth-order valence-electron chi connectivity index (χ4n) is 2.63. The molecule has 0 atom stereocenters. The number of nitrogens with one attached hydrogen (secondary N) is 1. The molecule has 0 aliphatic carbocycles. The highest BCUT2D eigenvalue weighted by Gasteiger charge is 2.26. The highest BCUT2D eigenvalue weighted by molar-refractivity contribution is 8.55. The van der Waals surface area contributed by atoms with Gasteiger partial charge in [-0.15, -0.1) is 0 Å². The van der Waals surface area contributed by atoms with Crippen LogP contribution in [0.2, 0.25) is 0 Å². The minimum Gasteiger partial charge on any atom is -0.496 e. The molecule has 0 aliphatic rings. The third-order valence-corrected chi connectivity index (χ3v) is 9.05. The largest absolute Gasteiger partial charge is 0.496 e. The first kappa shape index (κ1) is 26.9. The first-order chi connectivity index (χ1) is 15.6. The van der Waals surface area contributed by atoms with Crippen LogP contribution in [0.15, 0.2) is 40.6 Å². The van der Waals surface area contributed by atoms with Gasteiger partial charge in [-0.1, -0.05) is 0 Å². The second kappa shape index (κ2) is 11.7. The molecular formula is C20H26NO9PS2. The molecule has 0 bridgehead atoms. The monoisotopic (exact) mass is 519 g/mol. The SMILES string of the molecule is COc1cc(OC)c(/C=C/S(=O)(=O)Nc2ccc(OC)c(SP(=O)(OC)OC)c2)c(OC)c1. The van der Waals surface area contributed by atoms with Crippen LogP contribution in [0.4, 0.5) is 5.69 Å². The zero-order chi connectivity index (χ0) is 24.6. The number of rotatable bonds is 12. The zero-order valence-corrected chi connectivity index (χ0v) is 21.5. The number of methoxy groups -OCH3 is 4. The molecule has 0 saturated carbocycles. The van der Waals surface area contributed by atoms with E-state index in [1.54, 1.807) is 12.1 Å². The van der Waals surface area contributed by atoms with E-state index in [9.17, 15) is 13.0 Å². The molecule has 1 N–H and O–H groups in total. The van der Waals surface area contributed by atoms with Crippen LogP contribution in [0.25, 0.3) is 6.08 Å². The van der Waals surface area contributed by atoms with Gasteiger partial charge in [0.2, 0.25) is 0 Å². The molecule has 182 valence electrons. The summed E-state index contributed by atoms with van der Waals surface area (Å²) in [5.41, 5.74) is 0.633. The van der Waals surface area contributed by atoms with E-state index in [2.05, 4.69) is 4.72 Å². The Morgan fingerprint density at radius 3 is 1.91 bits per heavy atom. The van der Waals surface area contributed by atoms with E-state index in [0.29, 0.717) is 33.5 Å². The lowest BCUT2D eigenvalue weighted by molar-refractivity contribution is 0.295. The smallest absolute Gasteiger partial charge is 0.393 e. The number of ether oxygens (including phenoxy) is 4. The number of sulfonamides is 1. The van der Waals surface area contributed by atoms with Crippen molar-refractivity contribution in [3.8, 4) is 23.0 Å². The van der Waals surface area contributed by atoms with Crippen molar-refractivity contribution in [3.63, 3.8) is 0 Å². The van der Waals surface area contributed by atoms with E-state index in [4.69, 9.17) is 28.0 Å². The van der Waals surface area contributed by atoms with Crippen LogP contribution < -0.4 is 23.7 Å². The van der Waals surface area contributed by atoms with Crippen LogP contribution >= 0.6 is 18.2 Å². The van der Waals surface area contributed by atoms with E-state index in [1.807, 2.05) is 0 Å². The maximum Gasteiger partial charge on any atom is 0.393 e. The van der Waals surface area contributed by atoms with Crippen LogP contribution in [0, 0.1) is 0 Å². The van der Waals surface area contributed by atoms with Crippen molar-refractivity contribution in [2.75, 3.05) is 47.4 Å². The van der Waals surface area contributed by atoms with Crippen molar-refractivity contribution in [3.05, 3.63) is 41.3 Å². The van der Waals surface area contributed by atoms with Gasteiger partial charge in [-0.3, -0.25) is 4.72 Å². The molecule has 0 radical (unpaired) electrons. The molecule has 13 heteroatoms. The Kier molecular flexibility index (Phi) is 9.50. The summed E-state index contributed by atoms with van der Waals surface area (Å²) in [6.45, 7) is -3.48. The minimum atomic E-state index is -3.94. The highest BCUT2D eigenvalue weighted by atomic mass is 32.7. The number of anilines is 1. The normalized spacial score (nSPS) is 11.9. The van der Waals surface area contributed by atoms with Crippen LogP contribution in [0.5, 0.6) is 23.0 Å².